The van der Waals surface area contributed by atoms with Crippen LogP contribution in [0.2, 0.25) is 20.1 Å². The third-order valence-electron chi connectivity index (χ3n) is 3.65. The quantitative estimate of drug-likeness (QED) is 0.509. The summed E-state index contributed by atoms with van der Waals surface area (Å²) < 4.78 is 0. The summed E-state index contributed by atoms with van der Waals surface area (Å²) in [7, 11) is 0. The van der Waals surface area contributed by atoms with E-state index in [-0.39, 0.29) is 5.41 Å². The molecule has 0 amide bonds. The number of hydrogen-bond acceptors (Lipinski definition) is 0. The first-order valence-corrected chi connectivity index (χ1v) is 7.33. The molecule has 0 aromatic heterocycles. The summed E-state index contributed by atoms with van der Waals surface area (Å²) in [6.07, 6.45) is 0. The predicted molar refractivity (Wildman–Crippen MR) is 84.0 cm³/mol. The minimum atomic E-state index is -0.256. The number of rotatable bonds is 0. The highest BCUT2D eigenvalue weighted by Crippen LogP contribution is 2.54. The lowest BCUT2D eigenvalue weighted by atomic mass is 9.82. The lowest BCUT2D eigenvalue weighted by Gasteiger charge is -2.23. The van der Waals surface area contributed by atoms with E-state index in [9.17, 15) is 0 Å². The van der Waals surface area contributed by atoms with E-state index >= 15 is 0 Å². The number of benzene rings is 2. The van der Waals surface area contributed by atoms with Crippen molar-refractivity contribution in [2.75, 3.05) is 0 Å². The van der Waals surface area contributed by atoms with Crippen LogP contribution in [0.3, 0.4) is 0 Å². The summed E-state index contributed by atoms with van der Waals surface area (Å²) in [4.78, 5) is 0. The molecule has 0 unspecified atom stereocenters. The molecule has 0 N–H and O–H groups in total. The normalized spacial score (nSPS) is 15.3. The molecule has 0 saturated carbocycles. The fraction of sp³-hybridized carbons (Fsp3) is 0.200. The van der Waals surface area contributed by atoms with Crippen molar-refractivity contribution in [1.29, 1.82) is 0 Å². The van der Waals surface area contributed by atoms with Gasteiger partial charge in [-0.15, -0.1) is 0 Å². The minimum Gasteiger partial charge on any atom is -0.0843 e. The van der Waals surface area contributed by atoms with Crippen LogP contribution < -0.4 is 0 Å². The Morgan fingerprint density at radius 2 is 1.05 bits per heavy atom. The highest BCUT2D eigenvalue weighted by molar-refractivity contribution is 6.38. The maximum atomic E-state index is 6.38. The first-order valence-electron chi connectivity index (χ1n) is 5.82. The topological polar surface area (TPSA) is 0 Å². The third-order valence-corrected chi connectivity index (χ3v) is 4.68. The summed E-state index contributed by atoms with van der Waals surface area (Å²) in [5.74, 6) is 0. The van der Waals surface area contributed by atoms with Crippen molar-refractivity contribution < 1.29 is 0 Å². The van der Waals surface area contributed by atoms with Gasteiger partial charge in [0.25, 0.3) is 0 Å². The molecule has 0 heterocycles. The lowest BCUT2D eigenvalue weighted by Crippen LogP contribution is -2.16. The molecule has 1 aliphatic rings. The third kappa shape index (κ3) is 1.89. The van der Waals surface area contributed by atoms with Crippen LogP contribution in [0.15, 0.2) is 24.3 Å². The van der Waals surface area contributed by atoms with Crippen molar-refractivity contribution in [3.8, 4) is 11.1 Å². The maximum Gasteiger partial charge on any atom is 0.0467 e. The van der Waals surface area contributed by atoms with Crippen LogP contribution in [0.5, 0.6) is 0 Å². The van der Waals surface area contributed by atoms with E-state index in [1.165, 1.54) is 0 Å². The van der Waals surface area contributed by atoms with E-state index in [2.05, 4.69) is 13.8 Å². The number of hydrogen-bond donors (Lipinski definition) is 0. The van der Waals surface area contributed by atoms with Gasteiger partial charge in [0.15, 0.2) is 0 Å². The maximum absolute atomic E-state index is 6.38. The Hall–Kier alpha value is -0.400. The van der Waals surface area contributed by atoms with Gasteiger partial charge in [-0.05, 0) is 46.5 Å². The highest BCUT2D eigenvalue weighted by Gasteiger charge is 2.39. The van der Waals surface area contributed by atoms with Crippen molar-refractivity contribution in [1.82, 2.24) is 0 Å². The molecule has 4 heteroatoms. The first-order chi connectivity index (χ1) is 8.82. The van der Waals surface area contributed by atoms with Crippen molar-refractivity contribution in [2.45, 2.75) is 19.3 Å². The molecule has 0 saturated heterocycles. The zero-order chi connectivity index (χ0) is 13.9. The molecule has 0 radical (unpaired) electrons. The second kappa shape index (κ2) is 4.30. The second-order valence-electron chi connectivity index (χ2n) is 5.25. The van der Waals surface area contributed by atoms with Crippen LogP contribution in [0, 0.1) is 0 Å². The van der Waals surface area contributed by atoms with Gasteiger partial charge in [-0.25, -0.2) is 0 Å². The first kappa shape index (κ1) is 13.6. The molecular weight excluding hydrogens is 322 g/mol. The second-order valence-corrected chi connectivity index (χ2v) is 6.93. The van der Waals surface area contributed by atoms with Gasteiger partial charge in [-0.2, -0.15) is 0 Å². The standard InChI is InChI=1S/C15H10Cl4/c1-15(2)13-9(3-7(16)5-11(13)18)10-4-8(17)6-12(19)14(10)15/h3-6H,1-2H3. The molecule has 0 bridgehead atoms. The SMILES string of the molecule is CC1(C)c2c(Cl)cc(Cl)cc2-c2cc(Cl)cc(Cl)c21. The number of halogens is 4. The van der Waals surface area contributed by atoms with Crippen LogP contribution in [-0.4, -0.2) is 0 Å². The summed E-state index contributed by atoms with van der Waals surface area (Å²) in [5, 5.41) is 2.55. The van der Waals surface area contributed by atoms with Gasteiger partial charge in [0.05, 0.1) is 0 Å². The van der Waals surface area contributed by atoms with Gasteiger partial charge in [0.1, 0.15) is 0 Å². The molecule has 0 spiro atoms. The van der Waals surface area contributed by atoms with Crippen molar-refractivity contribution in [3.05, 3.63) is 55.5 Å². The summed E-state index contributed by atoms with van der Waals surface area (Å²) in [5.41, 5.74) is 3.88. The molecule has 1 aliphatic carbocycles. The molecule has 0 fully saturated rings. The van der Waals surface area contributed by atoms with E-state index < -0.39 is 0 Å². The van der Waals surface area contributed by atoms with Gasteiger partial charge in [-0.1, -0.05) is 60.3 Å². The molecule has 2 aromatic rings. The van der Waals surface area contributed by atoms with Gasteiger partial charge in [0, 0.05) is 25.5 Å². The van der Waals surface area contributed by atoms with Gasteiger partial charge in [-0.3, -0.25) is 0 Å². The Kier molecular flexibility index (Phi) is 3.07. The fourth-order valence-corrected chi connectivity index (χ4v) is 4.43. The molecule has 98 valence electrons. The predicted octanol–water partition coefficient (Wildman–Crippen LogP) is 6.61. The fourth-order valence-electron chi connectivity index (χ4n) is 2.97. The molecular formula is C15H10Cl4. The van der Waals surface area contributed by atoms with E-state index in [0.717, 1.165) is 22.3 Å². The van der Waals surface area contributed by atoms with Crippen LogP contribution in [-0.2, 0) is 5.41 Å². The molecule has 0 nitrogen and oxygen atoms in total. The molecule has 2 aromatic carbocycles. The summed E-state index contributed by atoms with van der Waals surface area (Å²) in [6, 6.07) is 7.38. The lowest BCUT2D eigenvalue weighted by molar-refractivity contribution is 0.661. The van der Waals surface area contributed by atoms with Gasteiger partial charge in [0.2, 0.25) is 0 Å². The Morgan fingerprint density at radius 1 is 0.684 bits per heavy atom. The molecule has 0 aliphatic heterocycles. The van der Waals surface area contributed by atoms with E-state index in [1.54, 1.807) is 12.1 Å². The van der Waals surface area contributed by atoms with Crippen LogP contribution in [0.25, 0.3) is 11.1 Å². The summed E-state index contributed by atoms with van der Waals surface area (Å²) in [6.45, 7) is 4.22. The Labute approximate surface area is 132 Å². The van der Waals surface area contributed by atoms with Crippen LogP contribution in [0.1, 0.15) is 25.0 Å². The zero-order valence-corrected chi connectivity index (χ0v) is 13.3. The monoisotopic (exact) mass is 330 g/mol. The average molecular weight is 332 g/mol. The summed E-state index contributed by atoms with van der Waals surface area (Å²) >= 11 is 25.0. The zero-order valence-electron chi connectivity index (χ0n) is 10.3. The van der Waals surface area contributed by atoms with E-state index in [1.807, 2.05) is 12.1 Å². The van der Waals surface area contributed by atoms with Crippen LogP contribution in [0.4, 0.5) is 0 Å². The van der Waals surface area contributed by atoms with E-state index in [0.29, 0.717) is 20.1 Å². The molecule has 3 rings (SSSR count). The van der Waals surface area contributed by atoms with Crippen molar-refractivity contribution in [2.24, 2.45) is 0 Å². The largest absolute Gasteiger partial charge is 0.0843 e. The van der Waals surface area contributed by atoms with Gasteiger partial charge < -0.3 is 0 Å². The number of fused-ring (bicyclic) bond motifs is 3. The van der Waals surface area contributed by atoms with Crippen molar-refractivity contribution in [3.63, 3.8) is 0 Å². The Balaban J connectivity index is 2.47. The highest BCUT2D eigenvalue weighted by atomic mass is 35.5. The van der Waals surface area contributed by atoms with Crippen molar-refractivity contribution >= 4 is 46.4 Å². The Morgan fingerprint density at radius 3 is 1.42 bits per heavy atom. The van der Waals surface area contributed by atoms with Gasteiger partial charge >= 0.3 is 0 Å². The smallest absolute Gasteiger partial charge is 0.0467 e. The van der Waals surface area contributed by atoms with Crippen LogP contribution >= 0.6 is 46.4 Å². The minimum absolute atomic E-state index is 0.256. The molecule has 19 heavy (non-hydrogen) atoms. The average Bonchev–Trinajstić information content (AvgIpc) is 2.46. The van der Waals surface area contributed by atoms with E-state index in [4.69, 9.17) is 46.4 Å². The molecule has 0 atom stereocenters. The Bertz CT molecular complexity index is 642.